The maximum atomic E-state index is 12.9. The van der Waals surface area contributed by atoms with E-state index in [1.54, 1.807) is 12.1 Å². The molecule has 2 aliphatic heterocycles. The van der Waals surface area contributed by atoms with Gasteiger partial charge >= 0.3 is 6.03 Å². The van der Waals surface area contributed by atoms with Crippen LogP contribution in [0.15, 0.2) is 28.8 Å². The summed E-state index contributed by atoms with van der Waals surface area (Å²) in [4.78, 5) is 18.8. The average molecular weight is 388 g/mol. The first-order valence-corrected chi connectivity index (χ1v) is 9.85. The number of benzene rings is 1. The highest BCUT2D eigenvalue weighted by Crippen LogP contribution is 2.26. The molecule has 3 heterocycles. The first kappa shape index (κ1) is 18.9. The number of ether oxygens (including phenoxy) is 1. The van der Waals surface area contributed by atoms with Crippen molar-refractivity contribution in [3.8, 4) is 0 Å². The molecule has 2 aromatic rings. The lowest BCUT2D eigenvalue weighted by Crippen LogP contribution is -2.38. The summed E-state index contributed by atoms with van der Waals surface area (Å²) in [6, 6.07) is 6.05. The minimum absolute atomic E-state index is 0.0946. The first-order valence-electron chi connectivity index (χ1n) is 9.85. The lowest BCUT2D eigenvalue weighted by atomic mass is 10.0. The van der Waals surface area contributed by atoms with Crippen molar-refractivity contribution in [3.63, 3.8) is 0 Å². The molecule has 2 fully saturated rings. The first-order chi connectivity index (χ1) is 13.7. The molecule has 0 spiro atoms. The van der Waals surface area contributed by atoms with Gasteiger partial charge in [0.15, 0.2) is 5.82 Å². The van der Waals surface area contributed by atoms with Crippen LogP contribution in [0.5, 0.6) is 0 Å². The third-order valence-electron chi connectivity index (χ3n) is 5.46. The number of likely N-dealkylation sites (tertiary alicyclic amines) is 1. The third kappa shape index (κ3) is 4.67. The predicted octanol–water partition coefficient (Wildman–Crippen LogP) is 2.88. The smallest absolute Gasteiger partial charge is 0.317 e. The van der Waals surface area contributed by atoms with Crippen LogP contribution in [-0.2, 0) is 17.7 Å². The molecule has 0 aliphatic carbocycles. The van der Waals surface area contributed by atoms with Crippen molar-refractivity contribution in [1.82, 2.24) is 20.4 Å². The molecule has 150 valence electrons. The molecule has 8 heteroatoms. The summed E-state index contributed by atoms with van der Waals surface area (Å²) in [7, 11) is 0. The van der Waals surface area contributed by atoms with E-state index >= 15 is 0 Å². The van der Waals surface area contributed by atoms with E-state index in [4.69, 9.17) is 9.26 Å². The molecule has 7 nitrogen and oxygen atoms in total. The largest absolute Gasteiger partial charge is 0.381 e. The van der Waals surface area contributed by atoms with Crippen LogP contribution < -0.4 is 5.32 Å². The van der Waals surface area contributed by atoms with Crippen LogP contribution >= 0.6 is 0 Å². The van der Waals surface area contributed by atoms with Crippen molar-refractivity contribution in [2.75, 3.05) is 26.3 Å². The number of halogens is 1. The Morgan fingerprint density at radius 2 is 2.00 bits per heavy atom. The van der Waals surface area contributed by atoms with E-state index in [1.165, 1.54) is 12.1 Å². The number of rotatable bonds is 5. The fourth-order valence-electron chi connectivity index (χ4n) is 3.79. The van der Waals surface area contributed by atoms with E-state index < -0.39 is 0 Å². The second-order valence-electron chi connectivity index (χ2n) is 7.53. The minimum atomic E-state index is -0.279. The Morgan fingerprint density at radius 1 is 1.21 bits per heavy atom. The lowest BCUT2D eigenvalue weighted by molar-refractivity contribution is 0.0778. The van der Waals surface area contributed by atoms with Gasteiger partial charge in [-0.1, -0.05) is 17.3 Å². The number of carbonyl (C=O) groups is 1. The van der Waals surface area contributed by atoms with Gasteiger partial charge in [-0.3, -0.25) is 0 Å². The van der Waals surface area contributed by atoms with E-state index in [9.17, 15) is 9.18 Å². The highest BCUT2D eigenvalue weighted by Gasteiger charge is 2.28. The molecule has 2 aliphatic rings. The summed E-state index contributed by atoms with van der Waals surface area (Å²) in [6.07, 6.45) is 3.49. The van der Waals surface area contributed by atoms with E-state index in [-0.39, 0.29) is 11.8 Å². The number of aromatic nitrogens is 2. The molecule has 1 atom stereocenters. The normalized spacial score (nSPS) is 20.5. The number of nitrogens with zero attached hydrogens (tertiary/aromatic N) is 3. The van der Waals surface area contributed by atoms with Crippen molar-refractivity contribution in [2.45, 2.75) is 38.1 Å². The fourth-order valence-corrected chi connectivity index (χ4v) is 3.79. The zero-order valence-corrected chi connectivity index (χ0v) is 15.8. The van der Waals surface area contributed by atoms with Crippen molar-refractivity contribution < 1.29 is 18.4 Å². The Bertz CT molecular complexity index is 789. The second-order valence-corrected chi connectivity index (χ2v) is 7.53. The monoisotopic (exact) mass is 388 g/mol. The molecule has 1 unspecified atom stereocenters. The van der Waals surface area contributed by atoms with Crippen LogP contribution in [0.3, 0.4) is 0 Å². The Hall–Kier alpha value is -2.48. The van der Waals surface area contributed by atoms with Crippen molar-refractivity contribution in [2.24, 2.45) is 5.92 Å². The Labute approximate surface area is 163 Å². The lowest BCUT2D eigenvalue weighted by Gasteiger charge is -2.18. The highest BCUT2D eigenvalue weighted by atomic mass is 19.1. The Balaban J connectivity index is 1.24. The second kappa shape index (κ2) is 8.68. The predicted molar refractivity (Wildman–Crippen MR) is 99.1 cm³/mol. The van der Waals surface area contributed by atoms with Crippen LogP contribution in [0.25, 0.3) is 0 Å². The summed E-state index contributed by atoms with van der Waals surface area (Å²) in [5.41, 5.74) is 0.873. The van der Waals surface area contributed by atoms with Gasteiger partial charge in [-0.15, -0.1) is 0 Å². The van der Waals surface area contributed by atoms with Gasteiger partial charge in [0.1, 0.15) is 5.82 Å². The zero-order valence-electron chi connectivity index (χ0n) is 15.8. The summed E-state index contributed by atoms with van der Waals surface area (Å²) in [5.74, 6) is 1.79. The van der Waals surface area contributed by atoms with Gasteiger partial charge in [0.25, 0.3) is 0 Å². The van der Waals surface area contributed by atoms with Gasteiger partial charge in [-0.25, -0.2) is 9.18 Å². The number of carbonyl (C=O) groups excluding carboxylic acids is 1. The number of urea groups is 1. The molecular formula is C20H25FN4O3. The summed E-state index contributed by atoms with van der Waals surface area (Å²) < 4.78 is 23.8. The summed E-state index contributed by atoms with van der Waals surface area (Å²) in [6.45, 7) is 3.26. The van der Waals surface area contributed by atoms with Crippen molar-refractivity contribution in [1.29, 1.82) is 0 Å². The summed E-state index contributed by atoms with van der Waals surface area (Å²) in [5, 5.41) is 7.03. The van der Waals surface area contributed by atoms with Gasteiger partial charge < -0.3 is 19.5 Å². The molecule has 0 radical (unpaired) electrons. The maximum absolute atomic E-state index is 12.9. The molecule has 2 saturated heterocycles. The molecule has 1 aromatic carbocycles. The average Bonchev–Trinajstić information content (AvgIpc) is 3.38. The van der Waals surface area contributed by atoms with Crippen LogP contribution in [-0.4, -0.2) is 47.4 Å². The van der Waals surface area contributed by atoms with Crippen LogP contribution in [0.2, 0.25) is 0 Å². The zero-order chi connectivity index (χ0) is 19.3. The van der Waals surface area contributed by atoms with Gasteiger partial charge in [0, 0.05) is 45.2 Å². The molecule has 1 N–H and O–H groups in total. The van der Waals surface area contributed by atoms with Crippen molar-refractivity contribution in [3.05, 3.63) is 47.4 Å². The Morgan fingerprint density at radius 3 is 2.79 bits per heavy atom. The number of hydrogen-bond acceptors (Lipinski definition) is 5. The van der Waals surface area contributed by atoms with Crippen molar-refractivity contribution >= 4 is 6.03 Å². The molecule has 0 bridgehead atoms. The quantitative estimate of drug-likeness (QED) is 0.852. The van der Waals surface area contributed by atoms with Gasteiger partial charge in [0.2, 0.25) is 5.89 Å². The summed E-state index contributed by atoms with van der Waals surface area (Å²) >= 11 is 0. The molecule has 0 saturated carbocycles. The van der Waals surface area contributed by atoms with E-state index in [0.717, 1.165) is 43.9 Å². The standard InChI is InChI=1S/C20H25FN4O3/c21-17-3-1-14(2-4-17)12-22-20(26)25-8-5-15(13-25)11-18-23-19(28-24-18)16-6-9-27-10-7-16/h1-4,15-16H,5-13H2,(H,22,26). The SMILES string of the molecule is O=C(NCc1ccc(F)cc1)N1CCC(Cc2noc(C3CCOCC3)n2)C1. The number of hydrogen-bond donors (Lipinski definition) is 1. The topological polar surface area (TPSA) is 80.5 Å². The molecule has 4 rings (SSSR count). The molecular weight excluding hydrogens is 363 g/mol. The molecule has 2 amide bonds. The molecule has 1 aromatic heterocycles. The van der Waals surface area contributed by atoms with Gasteiger partial charge in [0.05, 0.1) is 0 Å². The Kier molecular flexibility index (Phi) is 5.85. The van der Waals surface area contributed by atoms with Gasteiger partial charge in [-0.2, -0.15) is 4.98 Å². The number of amides is 2. The van der Waals surface area contributed by atoms with Gasteiger partial charge in [-0.05, 0) is 42.9 Å². The maximum Gasteiger partial charge on any atom is 0.317 e. The van der Waals surface area contributed by atoms with Crippen LogP contribution in [0.4, 0.5) is 9.18 Å². The fraction of sp³-hybridized carbons (Fsp3) is 0.550. The van der Waals surface area contributed by atoms with Crippen LogP contribution in [0.1, 0.15) is 42.5 Å². The van der Waals surface area contributed by atoms with E-state index in [2.05, 4.69) is 15.5 Å². The third-order valence-corrected chi connectivity index (χ3v) is 5.46. The molecule has 28 heavy (non-hydrogen) atoms. The minimum Gasteiger partial charge on any atom is -0.381 e. The number of nitrogens with one attached hydrogen (secondary N) is 1. The van der Waals surface area contributed by atoms with E-state index in [1.807, 2.05) is 4.90 Å². The highest BCUT2D eigenvalue weighted by molar-refractivity contribution is 5.74. The van der Waals surface area contributed by atoms with Crippen LogP contribution in [0, 0.1) is 11.7 Å². The van der Waals surface area contributed by atoms with E-state index in [0.29, 0.717) is 43.8 Å².